The Labute approximate surface area is 101 Å². The molecule has 0 aromatic heterocycles. The first kappa shape index (κ1) is 13.9. The third-order valence-electron chi connectivity index (χ3n) is 1.73. The molecule has 2 nitrogen and oxygen atoms in total. The maximum absolute atomic E-state index is 5.53. The van der Waals surface area contributed by atoms with Gasteiger partial charge in [-0.05, 0) is 20.3 Å². The largest absolute Gasteiger partial charge is 0.448 e. The van der Waals surface area contributed by atoms with Crippen LogP contribution in [0.5, 0.6) is 0 Å². The molecule has 0 amide bonds. The van der Waals surface area contributed by atoms with Crippen molar-refractivity contribution in [2.24, 2.45) is 10.9 Å². The van der Waals surface area contributed by atoms with Crippen molar-refractivity contribution in [2.45, 2.75) is 44.6 Å². The number of hydrogen-bond donors (Lipinski definition) is 0. The van der Waals surface area contributed by atoms with E-state index >= 15 is 0 Å². The summed E-state index contributed by atoms with van der Waals surface area (Å²) in [6, 6.07) is 0. The zero-order valence-electron chi connectivity index (χ0n) is 9.51. The third-order valence-corrected chi connectivity index (χ3v) is 2.01. The van der Waals surface area contributed by atoms with E-state index in [1.807, 2.05) is 13.8 Å². The predicted molar refractivity (Wildman–Crippen MR) is 70.9 cm³/mol. The van der Waals surface area contributed by atoms with Crippen molar-refractivity contribution in [1.82, 2.24) is 0 Å². The Balaban J connectivity index is 4.45. The molecular formula is C11H20INO. The van der Waals surface area contributed by atoms with Crippen LogP contribution in [0, 0.1) is 5.92 Å². The summed E-state index contributed by atoms with van der Waals surface area (Å²) in [5.74, 6) is 1.92. The van der Waals surface area contributed by atoms with Gasteiger partial charge in [0.15, 0.2) is 5.90 Å². The Morgan fingerprint density at radius 1 is 1.50 bits per heavy atom. The topological polar surface area (TPSA) is 21.6 Å². The van der Waals surface area contributed by atoms with Crippen molar-refractivity contribution in [3.8, 4) is 0 Å². The molecule has 0 spiro atoms. The fraction of sp³-hybridized carbons (Fsp3) is 0.727. The lowest BCUT2D eigenvalue weighted by Gasteiger charge is -2.15. The van der Waals surface area contributed by atoms with E-state index in [0.717, 1.165) is 18.7 Å². The van der Waals surface area contributed by atoms with Gasteiger partial charge in [0.05, 0.1) is 5.76 Å². The number of alkyl halides is 1. The van der Waals surface area contributed by atoms with Crippen molar-refractivity contribution in [3.63, 3.8) is 0 Å². The summed E-state index contributed by atoms with van der Waals surface area (Å²) in [5.41, 5.74) is 0. The van der Waals surface area contributed by atoms with Crippen LogP contribution < -0.4 is 0 Å². The average Bonchev–Trinajstić information content (AvgIpc) is 2.01. The summed E-state index contributed by atoms with van der Waals surface area (Å²) in [5, 5.41) is 0. The third kappa shape index (κ3) is 6.40. The van der Waals surface area contributed by atoms with E-state index in [2.05, 4.69) is 48.0 Å². The number of halogens is 1. The second kappa shape index (κ2) is 7.26. The second-order valence-corrected chi connectivity index (χ2v) is 5.34. The average molecular weight is 309 g/mol. The van der Waals surface area contributed by atoms with E-state index < -0.39 is 0 Å². The Morgan fingerprint density at radius 2 is 2.07 bits per heavy atom. The molecule has 0 N–H and O–H groups in total. The van der Waals surface area contributed by atoms with Crippen molar-refractivity contribution in [3.05, 3.63) is 12.3 Å². The Kier molecular flexibility index (Phi) is 7.23. The molecule has 0 radical (unpaired) electrons. The van der Waals surface area contributed by atoms with Gasteiger partial charge in [0.2, 0.25) is 0 Å². The molecule has 0 aromatic rings. The van der Waals surface area contributed by atoms with Crippen LogP contribution in [0.2, 0.25) is 0 Å². The minimum Gasteiger partial charge on any atom is -0.448 e. The number of ether oxygens (including phenoxy) is 1. The Morgan fingerprint density at radius 3 is 2.43 bits per heavy atom. The molecule has 2 unspecified atom stereocenters. The summed E-state index contributed by atoms with van der Waals surface area (Å²) in [6.45, 7) is 11.9. The molecule has 0 aliphatic heterocycles. The van der Waals surface area contributed by atoms with Crippen LogP contribution in [-0.2, 0) is 4.74 Å². The molecule has 0 aliphatic rings. The fourth-order valence-corrected chi connectivity index (χ4v) is 1.44. The van der Waals surface area contributed by atoms with Gasteiger partial charge in [0, 0.05) is 5.92 Å². The fourth-order valence-electron chi connectivity index (χ4n) is 1.16. The standard InChI is InChI=1S/C11H20INO/c1-6-7-9(4)11(13-10(5)12)14-8(2)3/h9-10H,2,6-7H2,1,3-5H3. The van der Waals surface area contributed by atoms with Gasteiger partial charge in [-0.2, -0.15) is 0 Å². The summed E-state index contributed by atoms with van der Waals surface area (Å²) < 4.78 is 5.78. The quantitative estimate of drug-likeness (QED) is 0.187. The van der Waals surface area contributed by atoms with Gasteiger partial charge in [-0.1, -0.05) is 49.4 Å². The van der Waals surface area contributed by atoms with Crippen molar-refractivity contribution in [2.75, 3.05) is 0 Å². The van der Waals surface area contributed by atoms with Crippen molar-refractivity contribution in [1.29, 1.82) is 0 Å². The molecule has 0 fully saturated rings. The molecule has 0 aromatic carbocycles. The molecule has 0 heterocycles. The molecule has 14 heavy (non-hydrogen) atoms. The highest BCUT2D eigenvalue weighted by molar-refractivity contribution is 14.1. The maximum atomic E-state index is 5.53. The van der Waals surface area contributed by atoms with E-state index in [1.54, 1.807) is 0 Å². The zero-order chi connectivity index (χ0) is 11.1. The van der Waals surface area contributed by atoms with E-state index in [1.165, 1.54) is 0 Å². The van der Waals surface area contributed by atoms with Crippen LogP contribution in [0.1, 0.15) is 40.5 Å². The van der Waals surface area contributed by atoms with Crippen molar-refractivity contribution < 1.29 is 4.74 Å². The minimum absolute atomic E-state index is 0.251. The van der Waals surface area contributed by atoms with Crippen LogP contribution in [0.25, 0.3) is 0 Å². The zero-order valence-corrected chi connectivity index (χ0v) is 11.7. The highest BCUT2D eigenvalue weighted by Crippen LogP contribution is 2.14. The van der Waals surface area contributed by atoms with Crippen LogP contribution in [0.3, 0.4) is 0 Å². The highest BCUT2D eigenvalue weighted by atomic mass is 127. The molecule has 2 atom stereocenters. The number of allylic oxidation sites excluding steroid dienone is 1. The smallest absolute Gasteiger partial charge is 0.193 e. The molecule has 3 heteroatoms. The van der Waals surface area contributed by atoms with Gasteiger partial charge in [-0.25, -0.2) is 4.99 Å². The van der Waals surface area contributed by atoms with Gasteiger partial charge in [0.1, 0.15) is 4.05 Å². The molecule has 0 saturated heterocycles. The van der Waals surface area contributed by atoms with Gasteiger partial charge < -0.3 is 4.74 Å². The van der Waals surface area contributed by atoms with Gasteiger partial charge in [-0.15, -0.1) is 0 Å². The normalized spacial score (nSPS) is 16.2. The Bertz CT molecular complexity index is 211. The lowest BCUT2D eigenvalue weighted by molar-refractivity contribution is 0.377. The molecule has 0 aliphatic carbocycles. The highest BCUT2D eigenvalue weighted by Gasteiger charge is 2.12. The summed E-state index contributed by atoms with van der Waals surface area (Å²) in [7, 11) is 0. The monoisotopic (exact) mass is 309 g/mol. The lowest BCUT2D eigenvalue weighted by atomic mass is 10.1. The van der Waals surface area contributed by atoms with Gasteiger partial charge >= 0.3 is 0 Å². The van der Waals surface area contributed by atoms with Gasteiger partial charge in [-0.3, -0.25) is 0 Å². The number of aliphatic imine (C=N–C) groups is 1. The lowest BCUT2D eigenvalue weighted by Crippen LogP contribution is -2.15. The summed E-state index contributed by atoms with van der Waals surface area (Å²) in [6.07, 6.45) is 2.25. The summed E-state index contributed by atoms with van der Waals surface area (Å²) >= 11 is 2.27. The second-order valence-electron chi connectivity index (χ2n) is 3.54. The van der Waals surface area contributed by atoms with Crippen LogP contribution in [0.4, 0.5) is 0 Å². The summed E-state index contributed by atoms with van der Waals surface area (Å²) in [4.78, 5) is 4.46. The first-order valence-electron chi connectivity index (χ1n) is 5.02. The van der Waals surface area contributed by atoms with E-state index in [4.69, 9.17) is 4.74 Å². The first-order valence-corrected chi connectivity index (χ1v) is 6.27. The van der Waals surface area contributed by atoms with Crippen molar-refractivity contribution >= 4 is 28.5 Å². The Hall–Kier alpha value is -0.0600. The SMILES string of the molecule is C=C(C)OC(=NC(C)I)C(C)CCC. The van der Waals surface area contributed by atoms with E-state index in [-0.39, 0.29) is 4.05 Å². The van der Waals surface area contributed by atoms with E-state index in [0.29, 0.717) is 11.7 Å². The number of rotatable bonds is 5. The van der Waals surface area contributed by atoms with Crippen LogP contribution >= 0.6 is 22.6 Å². The number of nitrogens with zero attached hydrogens (tertiary/aromatic N) is 1. The predicted octanol–water partition coefficient (Wildman–Crippen LogP) is 4.15. The van der Waals surface area contributed by atoms with E-state index in [9.17, 15) is 0 Å². The van der Waals surface area contributed by atoms with Crippen LogP contribution in [0.15, 0.2) is 17.3 Å². The van der Waals surface area contributed by atoms with Crippen LogP contribution in [-0.4, -0.2) is 9.95 Å². The molecule has 0 rings (SSSR count). The first-order chi connectivity index (χ1) is 6.47. The molecule has 0 bridgehead atoms. The molecule has 82 valence electrons. The van der Waals surface area contributed by atoms with Gasteiger partial charge in [0.25, 0.3) is 0 Å². The number of hydrogen-bond acceptors (Lipinski definition) is 2. The molecule has 0 saturated carbocycles. The molecular weight excluding hydrogens is 289 g/mol. The minimum atomic E-state index is 0.251. The maximum Gasteiger partial charge on any atom is 0.193 e.